The first kappa shape index (κ1) is 12.8. The summed E-state index contributed by atoms with van der Waals surface area (Å²) in [7, 11) is 0. The Kier molecular flexibility index (Phi) is 3.15. The van der Waals surface area contributed by atoms with E-state index in [-0.39, 0.29) is 12.1 Å². The number of fused-ring (bicyclic) bond motifs is 4. The second-order valence-corrected chi connectivity index (χ2v) is 5.98. The first-order valence-corrected chi connectivity index (χ1v) is 7.64. The molecule has 0 aliphatic carbocycles. The normalized spacial score (nSPS) is 29.6. The van der Waals surface area contributed by atoms with E-state index in [4.69, 9.17) is 4.74 Å². The van der Waals surface area contributed by atoms with Gasteiger partial charge < -0.3 is 10.1 Å². The number of piperidine rings is 3. The minimum atomic E-state index is -0.0542. The third-order valence-electron chi connectivity index (χ3n) is 4.72. The van der Waals surface area contributed by atoms with Gasteiger partial charge in [-0.2, -0.15) is 0 Å². The number of rotatable bonds is 2. The maximum absolute atomic E-state index is 12.6. The molecule has 2 bridgehead atoms. The van der Waals surface area contributed by atoms with Crippen molar-refractivity contribution in [1.82, 2.24) is 10.2 Å². The van der Waals surface area contributed by atoms with Gasteiger partial charge in [0.2, 0.25) is 0 Å². The molecule has 5 nitrogen and oxygen atoms in total. The van der Waals surface area contributed by atoms with Crippen LogP contribution in [0.3, 0.4) is 0 Å². The van der Waals surface area contributed by atoms with Crippen LogP contribution < -0.4 is 10.1 Å². The molecule has 110 valence electrons. The maximum Gasteiger partial charge on any atom is 0.256 e. The van der Waals surface area contributed by atoms with E-state index in [0.29, 0.717) is 17.9 Å². The minimum absolute atomic E-state index is 0.0542. The quantitative estimate of drug-likeness (QED) is 0.903. The number of carbonyl (C=O) groups is 1. The predicted molar refractivity (Wildman–Crippen MR) is 80.3 cm³/mol. The van der Waals surface area contributed by atoms with Crippen molar-refractivity contribution in [3.05, 3.63) is 23.8 Å². The van der Waals surface area contributed by atoms with E-state index in [0.717, 1.165) is 31.1 Å². The van der Waals surface area contributed by atoms with Crippen molar-refractivity contribution in [2.75, 3.05) is 19.7 Å². The van der Waals surface area contributed by atoms with Crippen LogP contribution in [-0.4, -0.2) is 42.9 Å². The van der Waals surface area contributed by atoms with E-state index in [2.05, 4.69) is 15.2 Å². The Bertz CT molecular complexity index is 591. The first-order chi connectivity index (χ1) is 10.3. The number of hydrogen-bond donors (Lipinski definition) is 1. The molecular weight excluding hydrogens is 266 g/mol. The van der Waals surface area contributed by atoms with E-state index >= 15 is 0 Å². The van der Waals surface area contributed by atoms with Gasteiger partial charge in [-0.1, -0.05) is 6.07 Å². The van der Waals surface area contributed by atoms with Gasteiger partial charge in [0, 0.05) is 19.3 Å². The van der Waals surface area contributed by atoms with Crippen LogP contribution in [0, 0.1) is 5.92 Å². The molecular formula is C16H19N3O2. The number of ether oxygens (including phenoxy) is 1. The van der Waals surface area contributed by atoms with E-state index in [1.807, 2.05) is 18.2 Å². The number of carbonyl (C=O) groups excluding carboxylic acids is 1. The van der Waals surface area contributed by atoms with Crippen molar-refractivity contribution in [3.8, 4) is 5.75 Å². The molecule has 1 unspecified atom stereocenters. The molecule has 5 heteroatoms. The van der Waals surface area contributed by atoms with Gasteiger partial charge in [-0.3, -0.25) is 14.7 Å². The molecule has 3 fully saturated rings. The van der Waals surface area contributed by atoms with E-state index in [1.165, 1.54) is 12.8 Å². The Hall–Kier alpha value is -1.88. The van der Waals surface area contributed by atoms with Crippen molar-refractivity contribution in [2.24, 2.45) is 10.9 Å². The molecule has 4 heterocycles. The molecule has 1 aromatic carbocycles. The van der Waals surface area contributed by atoms with Crippen molar-refractivity contribution in [1.29, 1.82) is 0 Å². The summed E-state index contributed by atoms with van der Waals surface area (Å²) in [6.45, 7) is 2.63. The van der Waals surface area contributed by atoms with Crippen molar-refractivity contribution in [2.45, 2.75) is 25.4 Å². The van der Waals surface area contributed by atoms with Crippen LogP contribution in [-0.2, 0) is 0 Å². The van der Waals surface area contributed by atoms with Gasteiger partial charge in [0.15, 0.2) is 5.75 Å². The fraction of sp³-hybridized carbons (Fsp3) is 0.500. The van der Waals surface area contributed by atoms with Crippen molar-refractivity contribution < 1.29 is 9.53 Å². The fourth-order valence-corrected chi connectivity index (χ4v) is 3.56. The summed E-state index contributed by atoms with van der Waals surface area (Å²) in [5.41, 5.74) is 1.33. The summed E-state index contributed by atoms with van der Waals surface area (Å²) in [5.74, 6) is 1.32. The third-order valence-corrected chi connectivity index (χ3v) is 4.72. The SMILES string of the molecule is O=C(NC1CC2CCN1CC2)c1cccc2c1OCC=N2. The van der Waals surface area contributed by atoms with Gasteiger partial charge in [-0.15, -0.1) is 0 Å². The highest BCUT2D eigenvalue weighted by Gasteiger charge is 2.34. The molecule has 5 rings (SSSR count). The fourth-order valence-electron chi connectivity index (χ4n) is 3.56. The third kappa shape index (κ3) is 2.31. The molecule has 0 radical (unpaired) electrons. The Morgan fingerprint density at radius 3 is 2.95 bits per heavy atom. The van der Waals surface area contributed by atoms with E-state index in [1.54, 1.807) is 6.21 Å². The zero-order chi connectivity index (χ0) is 14.2. The van der Waals surface area contributed by atoms with Crippen LogP contribution in [0.25, 0.3) is 0 Å². The largest absolute Gasteiger partial charge is 0.485 e. The molecule has 4 aliphatic rings. The van der Waals surface area contributed by atoms with Crippen LogP contribution in [0.2, 0.25) is 0 Å². The van der Waals surface area contributed by atoms with Gasteiger partial charge in [-0.25, -0.2) is 0 Å². The minimum Gasteiger partial charge on any atom is -0.485 e. The Balaban J connectivity index is 1.54. The summed E-state index contributed by atoms with van der Waals surface area (Å²) in [6.07, 6.45) is 5.50. The Morgan fingerprint density at radius 2 is 2.19 bits per heavy atom. The van der Waals surface area contributed by atoms with Gasteiger partial charge >= 0.3 is 0 Å². The summed E-state index contributed by atoms with van der Waals surface area (Å²) in [4.78, 5) is 19.3. The van der Waals surface area contributed by atoms with Gasteiger partial charge in [0.25, 0.3) is 5.91 Å². The zero-order valence-corrected chi connectivity index (χ0v) is 11.9. The standard InChI is InChI=1S/C16H19N3O2/c20-16(18-14-10-11-4-7-19(14)8-5-11)12-2-1-3-13-15(12)21-9-6-17-13/h1-3,6,11,14H,4-5,7-10H2,(H,18,20). The maximum atomic E-state index is 12.6. The lowest BCUT2D eigenvalue weighted by molar-refractivity contribution is 0.0294. The van der Waals surface area contributed by atoms with Crippen LogP contribution in [0.15, 0.2) is 23.2 Å². The van der Waals surface area contributed by atoms with E-state index in [9.17, 15) is 4.79 Å². The van der Waals surface area contributed by atoms with Crippen molar-refractivity contribution in [3.63, 3.8) is 0 Å². The first-order valence-electron chi connectivity index (χ1n) is 7.64. The average molecular weight is 285 g/mol. The average Bonchev–Trinajstić information content (AvgIpc) is 2.55. The highest BCUT2D eigenvalue weighted by Crippen LogP contribution is 2.34. The number of nitrogens with zero attached hydrogens (tertiary/aromatic N) is 2. The van der Waals surface area contributed by atoms with Crippen LogP contribution in [0.1, 0.15) is 29.6 Å². The van der Waals surface area contributed by atoms with Crippen molar-refractivity contribution >= 4 is 17.8 Å². The topological polar surface area (TPSA) is 53.9 Å². The summed E-state index contributed by atoms with van der Waals surface area (Å²) < 4.78 is 5.60. The van der Waals surface area contributed by atoms with Gasteiger partial charge in [0.05, 0.1) is 11.7 Å². The predicted octanol–water partition coefficient (Wildman–Crippen LogP) is 1.95. The lowest BCUT2D eigenvalue weighted by Crippen LogP contribution is -2.56. The molecule has 1 atom stereocenters. The molecule has 1 N–H and O–H groups in total. The lowest BCUT2D eigenvalue weighted by atomic mass is 9.86. The molecule has 1 aromatic rings. The smallest absolute Gasteiger partial charge is 0.256 e. The number of benzene rings is 1. The molecule has 0 spiro atoms. The summed E-state index contributed by atoms with van der Waals surface area (Å²) in [6, 6.07) is 5.53. The summed E-state index contributed by atoms with van der Waals surface area (Å²) >= 11 is 0. The van der Waals surface area contributed by atoms with E-state index < -0.39 is 0 Å². The highest BCUT2D eigenvalue weighted by atomic mass is 16.5. The Labute approximate surface area is 124 Å². The Morgan fingerprint density at radius 1 is 1.33 bits per heavy atom. The summed E-state index contributed by atoms with van der Waals surface area (Å²) in [5, 5.41) is 3.17. The van der Waals surface area contributed by atoms with Crippen LogP contribution >= 0.6 is 0 Å². The number of para-hydroxylation sites is 1. The molecule has 0 aromatic heterocycles. The molecule has 1 amide bonds. The molecule has 4 aliphatic heterocycles. The number of aliphatic imine (C=N–C) groups is 1. The van der Waals surface area contributed by atoms with Gasteiger partial charge in [-0.05, 0) is 37.3 Å². The van der Waals surface area contributed by atoms with Crippen LogP contribution in [0.4, 0.5) is 5.69 Å². The highest BCUT2D eigenvalue weighted by molar-refractivity contribution is 5.99. The number of nitrogens with one attached hydrogen (secondary N) is 1. The molecule has 21 heavy (non-hydrogen) atoms. The molecule has 0 saturated carbocycles. The second kappa shape index (κ2) is 5.15. The van der Waals surface area contributed by atoms with Gasteiger partial charge in [0.1, 0.15) is 12.3 Å². The van der Waals surface area contributed by atoms with Crippen LogP contribution in [0.5, 0.6) is 5.75 Å². The lowest BCUT2D eigenvalue weighted by Gasteiger charge is -2.45. The molecule has 3 saturated heterocycles. The zero-order valence-electron chi connectivity index (χ0n) is 11.9. The number of hydrogen-bond acceptors (Lipinski definition) is 4. The number of amides is 1. The monoisotopic (exact) mass is 285 g/mol. The second-order valence-electron chi connectivity index (χ2n) is 5.98.